The van der Waals surface area contributed by atoms with Gasteiger partial charge in [0.05, 0.1) is 24.4 Å². The maximum atomic E-state index is 13.6. The molecule has 6 nitrogen and oxygen atoms in total. The second-order valence-electron chi connectivity index (χ2n) is 4.01. The van der Waals surface area contributed by atoms with E-state index in [-0.39, 0.29) is 18.0 Å². The molecule has 0 atom stereocenters. The van der Waals surface area contributed by atoms with Crippen molar-refractivity contribution >= 4 is 27.3 Å². The van der Waals surface area contributed by atoms with Gasteiger partial charge >= 0.3 is 0 Å². The van der Waals surface area contributed by atoms with Crippen molar-refractivity contribution in [1.82, 2.24) is 9.78 Å². The smallest absolute Gasteiger partial charge is 0.265 e. The number of hydrogen-bond donors (Lipinski definition) is 2. The molecule has 0 aliphatic carbocycles. The highest BCUT2D eigenvalue weighted by atomic mass is 35.5. The molecule has 1 aromatic heterocycles. The fourth-order valence-electron chi connectivity index (χ4n) is 1.54. The van der Waals surface area contributed by atoms with E-state index < -0.39 is 32.4 Å². The Labute approximate surface area is 124 Å². The molecule has 2 aromatic rings. The highest BCUT2D eigenvalue weighted by molar-refractivity contribution is 7.92. The topological polar surface area (TPSA) is 84.2 Å². The van der Waals surface area contributed by atoms with Gasteiger partial charge in [0.2, 0.25) is 0 Å². The first kappa shape index (κ1) is 15.7. The molecule has 0 aliphatic rings. The quantitative estimate of drug-likeness (QED) is 0.868. The number of nitrogens with zero attached hydrogens (tertiary/aromatic N) is 2. The predicted molar refractivity (Wildman–Crippen MR) is 71.5 cm³/mol. The summed E-state index contributed by atoms with van der Waals surface area (Å²) < 4.78 is 53.8. The zero-order valence-corrected chi connectivity index (χ0v) is 12.0. The number of benzene rings is 1. The lowest BCUT2D eigenvalue weighted by atomic mass is 10.3. The lowest BCUT2D eigenvalue weighted by Gasteiger charge is -2.09. The van der Waals surface area contributed by atoms with Crippen LogP contribution in [-0.4, -0.2) is 29.9 Å². The molecule has 2 rings (SSSR count). The zero-order valence-electron chi connectivity index (χ0n) is 10.4. The number of rotatable bonds is 5. The highest BCUT2D eigenvalue weighted by Crippen LogP contribution is 2.28. The Kier molecular flexibility index (Phi) is 4.45. The fourth-order valence-corrected chi connectivity index (χ4v) is 2.88. The van der Waals surface area contributed by atoms with Gasteiger partial charge in [-0.3, -0.25) is 9.40 Å². The summed E-state index contributed by atoms with van der Waals surface area (Å²) in [6.07, 6.45) is 2.20. The van der Waals surface area contributed by atoms with Gasteiger partial charge in [0.25, 0.3) is 10.0 Å². The van der Waals surface area contributed by atoms with E-state index >= 15 is 0 Å². The molecule has 2 N–H and O–H groups in total. The average molecular weight is 338 g/mol. The molecule has 0 fully saturated rings. The molecule has 1 heterocycles. The number of sulfonamides is 1. The third kappa shape index (κ3) is 3.49. The van der Waals surface area contributed by atoms with Crippen molar-refractivity contribution in [2.75, 3.05) is 11.3 Å². The molecule has 1 aromatic carbocycles. The standard InChI is InChI=1S/C11H10ClF2N3O3S/c12-9-3-7(13)4-10(14)11(9)16-21(19,20)8-5-15-17(6-8)1-2-18/h3-6,16,18H,1-2H2. The van der Waals surface area contributed by atoms with E-state index in [2.05, 4.69) is 5.10 Å². The summed E-state index contributed by atoms with van der Waals surface area (Å²) in [5.74, 6) is -2.05. The summed E-state index contributed by atoms with van der Waals surface area (Å²) in [6.45, 7) is -0.103. The van der Waals surface area contributed by atoms with Gasteiger partial charge < -0.3 is 5.11 Å². The van der Waals surface area contributed by atoms with Crippen molar-refractivity contribution in [3.63, 3.8) is 0 Å². The lowest BCUT2D eigenvalue weighted by molar-refractivity contribution is 0.269. The number of aromatic nitrogens is 2. The van der Waals surface area contributed by atoms with Gasteiger partial charge in [-0.1, -0.05) is 11.6 Å². The minimum Gasteiger partial charge on any atom is -0.394 e. The van der Waals surface area contributed by atoms with Gasteiger partial charge in [-0.05, 0) is 6.07 Å². The van der Waals surface area contributed by atoms with Gasteiger partial charge in [0.15, 0.2) is 5.82 Å². The average Bonchev–Trinajstić information content (AvgIpc) is 2.84. The summed E-state index contributed by atoms with van der Waals surface area (Å²) in [6, 6.07) is 1.30. The Morgan fingerprint density at radius 2 is 2.10 bits per heavy atom. The molecule has 0 bridgehead atoms. The fraction of sp³-hybridized carbons (Fsp3) is 0.182. The maximum absolute atomic E-state index is 13.6. The molecular formula is C11H10ClF2N3O3S. The van der Waals surface area contributed by atoms with Gasteiger partial charge in [-0.2, -0.15) is 5.10 Å². The molecule has 0 radical (unpaired) electrons. The van der Waals surface area contributed by atoms with E-state index in [0.717, 1.165) is 18.5 Å². The van der Waals surface area contributed by atoms with E-state index in [1.807, 2.05) is 4.72 Å². The van der Waals surface area contributed by atoms with Crippen LogP contribution in [0.1, 0.15) is 0 Å². The Bertz CT molecular complexity index is 741. The van der Waals surface area contributed by atoms with Crippen molar-refractivity contribution in [3.05, 3.63) is 41.2 Å². The summed E-state index contributed by atoms with van der Waals surface area (Å²) in [5.41, 5.74) is -0.548. The van der Waals surface area contributed by atoms with E-state index in [4.69, 9.17) is 16.7 Å². The third-order valence-electron chi connectivity index (χ3n) is 2.49. The number of aliphatic hydroxyl groups excluding tert-OH is 1. The van der Waals surface area contributed by atoms with Gasteiger partial charge in [-0.25, -0.2) is 17.2 Å². The van der Waals surface area contributed by atoms with Crippen LogP contribution in [-0.2, 0) is 16.6 Å². The SMILES string of the molecule is O=S(=O)(Nc1c(F)cc(F)cc1Cl)c1cnn(CCO)c1. The van der Waals surface area contributed by atoms with Crippen LogP contribution >= 0.6 is 11.6 Å². The Morgan fingerprint density at radius 1 is 1.38 bits per heavy atom. The first-order valence-electron chi connectivity index (χ1n) is 5.64. The second-order valence-corrected chi connectivity index (χ2v) is 6.10. The van der Waals surface area contributed by atoms with Crippen LogP contribution in [0.2, 0.25) is 5.02 Å². The molecule has 0 saturated carbocycles. The number of aliphatic hydroxyl groups is 1. The van der Waals surface area contributed by atoms with Gasteiger partial charge in [0.1, 0.15) is 16.4 Å². The summed E-state index contributed by atoms with van der Waals surface area (Å²) in [5, 5.41) is 12.1. The minimum atomic E-state index is -4.13. The van der Waals surface area contributed by atoms with Crippen LogP contribution in [0.4, 0.5) is 14.5 Å². The second kappa shape index (κ2) is 5.96. The van der Waals surface area contributed by atoms with E-state index in [0.29, 0.717) is 6.07 Å². The molecule has 0 aliphatic heterocycles. The summed E-state index contributed by atoms with van der Waals surface area (Å²) in [7, 11) is -4.13. The van der Waals surface area contributed by atoms with Crippen LogP contribution < -0.4 is 4.72 Å². The molecule has 0 unspecified atom stereocenters. The molecule has 21 heavy (non-hydrogen) atoms. The summed E-state index contributed by atoms with van der Waals surface area (Å²) in [4.78, 5) is -0.240. The van der Waals surface area contributed by atoms with E-state index in [9.17, 15) is 17.2 Å². The molecule has 0 saturated heterocycles. The van der Waals surface area contributed by atoms with Crippen LogP contribution in [0.15, 0.2) is 29.4 Å². The van der Waals surface area contributed by atoms with Crippen molar-refractivity contribution < 1.29 is 22.3 Å². The zero-order chi connectivity index (χ0) is 15.6. The predicted octanol–water partition coefficient (Wildman–Crippen LogP) is 1.61. The molecule has 0 spiro atoms. The van der Waals surface area contributed by atoms with E-state index in [1.54, 1.807) is 0 Å². The minimum absolute atomic E-state index is 0.112. The lowest BCUT2D eigenvalue weighted by Crippen LogP contribution is -2.14. The normalized spacial score (nSPS) is 11.6. The Hall–Kier alpha value is -1.71. The largest absolute Gasteiger partial charge is 0.394 e. The molecule has 10 heteroatoms. The Balaban J connectivity index is 2.33. The van der Waals surface area contributed by atoms with Crippen molar-refractivity contribution in [3.8, 4) is 0 Å². The summed E-state index contributed by atoms with van der Waals surface area (Å²) >= 11 is 5.62. The monoisotopic (exact) mass is 337 g/mol. The highest BCUT2D eigenvalue weighted by Gasteiger charge is 2.21. The van der Waals surface area contributed by atoms with Crippen molar-refractivity contribution in [2.24, 2.45) is 0 Å². The maximum Gasteiger partial charge on any atom is 0.265 e. The first-order valence-corrected chi connectivity index (χ1v) is 7.50. The number of hydrogen-bond acceptors (Lipinski definition) is 4. The van der Waals surface area contributed by atoms with Crippen molar-refractivity contribution in [2.45, 2.75) is 11.4 Å². The van der Waals surface area contributed by atoms with Crippen LogP contribution in [0.25, 0.3) is 0 Å². The molecule has 0 amide bonds. The third-order valence-corrected chi connectivity index (χ3v) is 4.09. The first-order chi connectivity index (χ1) is 9.83. The van der Waals surface area contributed by atoms with Crippen LogP contribution in [0, 0.1) is 11.6 Å². The number of nitrogens with one attached hydrogen (secondary N) is 1. The van der Waals surface area contributed by atoms with Gasteiger partial charge in [-0.15, -0.1) is 0 Å². The molecular weight excluding hydrogens is 328 g/mol. The van der Waals surface area contributed by atoms with Crippen LogP contribution in [0.5, 0.6) is 0 Å². The van der Waals surface area contributed by atoms with Gasteiger partial charge in [0, 0.05) is 12.3 Å². The number of anilines is 1. The molecule has 114 valence electrons. The van der Waals surface area contributed by atoms with E-state index in [1.165, 1.54) is 4.68 Å². The van der Waals surface area contributed by atoms with Crippen LogP contribution in [0.3, 0.4) is 0 Å². The number of halogens is 3. The van der Waals surface area contributed by atoms with Crippen molar-refractivity contribution in [1.29, 1.82) is 0 Å². The Morgan fingerprint density at radius 3 is 2.71 bits per heavy atom.